The van der Waals surface area contributed by atoms with E-state index in [-0.39, 0.29) is 5.41 Å². The molecule has 1 aliphatic carbocycles. The number of ether oxygens (including phenoxy) is 2. The van der Waals surface area contributed by atoms with Gasteiger partial charge in [0.15, 0.2) is 11.5 Å². The molecule has 1 aromatic rings. The summed E-state index contributed by atoms with van der Waals surface area (Å²) < 4.78 is 11.7. The van der Waals surface area contributed by atoms with Gasteiger partial charge in [0.25, 0.3) is 0 Å². The van der Waals surface area contributed by atoms with Gasteiger partial charge >= 0.3 is 0 Å². The van der Waals surface area contributed by atoms with Crippen LogP contribution in [0.2, 0.25) is 0 Å². The average molecular weight is 277 g/mol. The van der Waals surface area contributed by atoms with E-state index in [4.69, 9.17) is 9.47 Å². The first-order valence-electron chi connectivity index (χ1n) is 7.69. The van der Waals surface area contributed by atoms with Gasteiger partial charge in [-0.1, -0.05) is 32.9 Å². The van der Waals surface area contributed by atoms with E-state index in [1.165, 1.54) is 12.8 Å². The number of hydrogen-bond acceptors (Lipinski definition) is 3. The Labute approximate surface area is 122 Å². The van der Waals surface area contributed by atoms with E-state index in [0.717, 1.165) is 37.1 Å². The molecule has 2 rings (SSSR count). The van der Waals surface area contributed by atoms with E-state index in [9.17, 15) is 0 Å². The molecule has 112 valence electrons. The van der Waals surface area contributed by atoms with Crippen molar-refractivity contribution in [2.75, 3.05) is 19.8 Å². The van der Waals surface area contributed by atoms with Crippen molar-refractivity contribution in [3.05, 3.63) is 24.3 Å². The lowest BCUT2D eigenvalue weighted by molar-refractivity contribution is 0.168. The van der Waals surface area contributed by atoms with Crippen LogP contribution >= 0.6 is 0 Å². The highest BCUT2D eigenvalue weighted by Gasteiger charge is 2.26. The van der Waals surface area contributed by atoms with E-state index in [1.807, 2.05) is 24.3 Å². The van der Waals surface area contributed by atoms with E-state index < -0.39 is 0 Å². The Kier molecular flexibility index (Phi) is 5.30. The van der Waals surface area contributed by atoms with Crippen molar-refractivity contribution in [3.63, 3.8) is 0 Å². The van der Waals surface area contributed by atoms with Crippen molar-refractivity contribution in [1.29, 1.82) is 0 Å². The standard InChI is InChI=1S/C17H27NO2/c1-4-11-19-15-7-5-6-8-16(15)20-13-17(2,3)12-18-14-9-10-14/h5-8,14,18H,4,9-13H2,1-3H3. The molecule has 20 heavy (non-hydrogen) atoms. The summed E-state index contributed by atoms with van der Waals surface area (Å²) in [7, 11) is 0. The molecule has 0 aliphatic heterocycles. The van der Waals surface area contributed by atoms with Gasteiger partial charge in [0.1, 0.15) is 0 Å². The zero-order valence-electron chi connectivity index (χ0n) is 12.9. The molecule has 0 spiro atoms. The lowest BCUT2D eigenvalue weighted by atomic mass is 9.95. The Morgan fingerprint density at radius 3 is 2.40 bits per heavy atom. The third kappa shape index (κ3) is 5.04. The summed E-state index contributed by atoms with van der Waals surface area (Å²) in [5.41, 5.74) is 0.125. The minimum Gasteiger partial charge on any atom is -0.490 e. The van der Waals surface area contributed by atoms with Crippen LogP contribution in [0.5, 0.6) is 11.5 Å². The van der Waals surface area contributed by atoms with Crippen LogP contribution in [0.15, 0.2) is 24.3 Å². The molecule has 3 heteroatoms. The maximum Gasteiger partial charge on any atom is 0.161 e. The Morgan fingerprint density at radius 1 is 1.15 bits per heavy atom. The van der Waals surface area contributed by atoms with Gasteiger partial charge in [-0.05, 0) is 31.4 Å². The van der Waals surface area contributed by atoms with Gasteiger partial charge < -0.3 is 14.8 Å². The predicted molar refractivity (Wildman–Crippen MR) is 82.5 cm³/mol. The second-order valence-corrected chi connectivity index (χ2v) is 6.40. The molecule has 1 fully saturated rings. The minimum absolute atomic E-state index is 0.125. The first-order chi connectivity index (χ1) is 9.61. The van der Waals surface area contributed by atoms with Crippen molar-refractivity contribution in [1.82, 2.24) is 5.32 Å². The Balaban J connectivity index is 1.84. The van der Waals surface area contributed by atoms with Crippen LogP contribution in [-0.2, 0) is 0 Å². The quantitative estimate of drug-likeness (QED) is 0.747. The highest BCUT2D eigenvalue weighted by molar-refractivity contribution is 5.39. The molecule has 0 heterocycles. The zero-order chi connectivity index (χ0) is 14.4. The van der Waals surface area contributed by atoms with Crippen LogP contribution in [0.3, 0.4) is 0 Å². The van der Waals surface area contributed by atoms with Gasteiger partial charge in [-0.2, -0.15) is 0 Å². The van der Waals surface area contributed by atoms with Gasteiger partial charge in [-0.3, -0.25) is 0 Å². The lowest BCUT2D eigenvalue weighted by Gasteiger charge is -2.25. The number of para-hydroxylation sites is 2. The minimum atomic E-state index is 0.125. The maximum absolute atomic E-state index is 5.99. The Morgan fingerprint density at radius 2 is 1.80 bits per heavy atom. The first kappa shape index (κ1) is 15.2. The predicted octanol–water partition coefficient (Wildman–Crippen LogP) is 3.63. The molecule has 0 unspecified atom stereocenters. The fraction of sp³-hybridized carbons (Fsp3) is 0.647. The summed E-state index contributed by atoms with van der Waals surface area (Å²) in [4.78, 5) is 0. The number of rotatable bonds is 9. The summed E-state index contributed by atoms with van der Waals surface area (Å²) in [6.45, 7) is 8.99. The van der Waals surface area contributed by atoms with Crippen LogP contribution in [-0.4, -0.2) is 25.8 Å². The second kappa shape index (κ2) is 6.98. The summed E-state index contributed by atoms with van der Waals surface area (Å²) >= 11 is 0. The molecule has 0 radical (unpaired) electrons. The SMILES string of the molecule is CCCOc1ccccc1OCC(C)(C)CNC1CC1. The molecule has 0 aromatic heterocycles. The molecule has 0 amide bonds. The summed E-state index contributed by atoms with van der Waals surface area (Å²) in [5, 5.41) is 3.57. The molecule has 1 aliphatic rings. The zero-order valence-corrected chi connectivity index (χ0v) is 12.9. The van der Waals surface area contributed by atoms with Crippen molar-refractivity contribution in [3.8, 4) is 11.5 Å². The number of nitrogens with one attached hydrogen (secondary N) is 1. The second-order valence-electron chi connectivity index (χ2n) is 6.40. The average Bonchev–Trinajstić information content (AvgIpc) is 3.26. The summed E-state index contributed by atoms with van der Waals surface area (Å²) in [6, 6.07) is 8.67. The van der Waals surface area contributed by atoms with Crippen molar-refractivity contribution < 1.29 is 9.47 Å². The molecule has 0 atom stereocenters. The molecule has 0 bridgehead atoms. The molecule has 1 aromatic carbocycles. The molecular formula is C17H27NO2. The van der Waals surface area contributed by atoms with Crippen molar-refractivity contribution >= 4 is 0 Å². The molecular weight excluding hydrogens is 250 g/mol. The topological polar surface area (TPSA) is 30.5 Å². The van der Waals surface area contributed by atoms with E-state index in [1.54, 1.807) is 0 Å². The molecule has 1 saturated carbocycles. The number of hydrogen-bond donors (Lipinski definition) is 1. The molecule has 0 saturated heterocycles. The van der Waals surface area contributed by atoms with Gasteiger partial charge in [0.05, 0.1) is 13.2 Å². The monoisotopic (exact) mass is 277 g/mol. The van der Waals surface area contributed by atoms with E-state index in [0.29, 0.717) is 6.61 Å². The van der Waals surface area contributed by atoms with E-state index >= 15 is 0 Å². The first-order valence-corrected chi connectivity index (χ1v) is 7.69. The van der Waals surface area contributed by atoms with E-state index in [2.05, 4.69) is 26.1 Å². The smallest absolute Gasteiger partial charge is 0.161 e. The Bertz CT molecular complexity index is 413. The highest BCUT2D eigenvalue weighted by atomic mass is 16.5. The fourth-order valence-corrected chi connectivity index (χ4v) is 1.93. The normalized spacial score (nSPS) is 15.2. The third-order valence-corrected chi connectivity index (χ3v) is 3.38. The molecule has 3 nitrogen and oxygen atoms in total. The molecule has 1 N–H and O–H groups in total. The van der Waals surface area contributed by atoms with Gasteiger partial charge in [-0.25, -0.2) is 0 Å². The van der Waals surface area contributed by atoms with Crippen LogP contribution in [0, 0.1) is 5.41 Å². The largest absolute Gasteiger partial charge is 0.490 e. The van der Waals surface area contributed by atoms with Crippen LogP contribution in [0.25, 0.3) is 0 Å². The van der Waals surface area contributed by atoms with Gasteiger partial charge in [0.2, 0.25) is 0 Å². The van der Waals surface area contributed by atoms with Gasteiger partial charge in [-0.15, -0.1) is 0 Å². The van der Waals surface area contributed by atoms with Crippen LogP contribution in [0.1, 0.15) is 40.0 Å². The Hall–Kier alpha value is -1.22. The number of benzene rings is 1. The fourth-order valence-electron chi connectivity index (χ4n) is 1.93. The summed E-state index contributed by atoms with van der Waals surface area (Å²) in [5.74, 6) is 1.70. The maximum atomic E-state index is 5.99. The van der Waals surface area contributed by atoms with Crippen molar-refractivity contribution in [2.45, 2.75) is 46.1 Å². The lowest BCUT2D eigenvalue weighted by Crippen LogP contribution is -2.35. The highest BCUT2D eigenvalue weighted by Crippen LogP contribution is 2.29. The van der Waals surface area contributed by atoms with Crippen LogP contribution < -0.4 is 14.8 Å². The van der Waals surface area contributed by atoms with Gasteiger partial charge in [0, 0.05) is 18.0 Å². The van der Waals surface area contributed by atoms with Crippen molar-refractivity contribution in [2.24, 2.45) is 5.41 Å². The van der Waals surface area contributed by atoms with Crippen LogP contribution in [0.4, 0.5) is 0 Å². The third-order valence-electron chi connectivity index (χ3n) is 3.38. The summed E-state index contributed by atoms with van der Waals surface area (Å²) in [6.07, 6.45) is 3.65.